The number of benzene rings is 2. The van der Waals surface area contributed by atoms with E-state index in [1.807, 2.05) is 89.1 Å². The van der Waals surface area contributed by atoms with Crippen LogP contribution >= 0.6 is 11.3 Å². The number of nitrogens with one attached hydrogen (secondary N) is 1. The van der Waals surface area contributed by atoms with Crippen molar-refractivity contribution in [3.05, 3.63) is 118 Å². The molecule has 180 valence electrons. The van der Waals surface area contributed by atoms with Gasteiger partial charge >= 0.3 is 0 Å². The lowest BCUT2D eigenvalue weighted by atomic mass is 10.0. The van der Waals surface area contributed by atoms with Crippen LogP contribution in [-0.4, -0.2) is 35.7 Å². The van der Waals surface area contributed by atoms with Crippen molar-refractivity contribution in [3.8, 4) is 0 Å². The van der Waals surface area contributed by atoms with Gasteiger partial charge in [-0.25, -0.2) is 0 Å². The molecule has 0 saturated carbocycles. The number of carbonyl (C=O) groups excluding carboxylic acids is 2. The van der Waals surface area contributed by atoms with Crippen LogP contribution in [0.25, 0.3) is 0 Å². The zero-order chi connectivity index (χ0) is 24.6. The second kappa shape index (κ2) is 11.6. The van der Waals surface area contributed by atoms with Gasteiger partial charge in [0, 0.05) is 31.1 Å². The highest BCUT2D eigenvalue weighted by Crippen LogP contribution is 2.22. The lowest BCUT2D eigenvalue weighted by Crippen LogP contribution is -2.40. The van der Waals surface area contributed by atoms with Crippen molar-refractivity contribution >= 4 is 23.2 Å². The highest BCUT2D eigenvalue weighted by atomic mass is 32.1. The highest BCUT2D eigenvalue weighted by molar-refractivity contribution is 7.09. The minimum absolute atomic E-state index is 0.0274. The van der Waals surface area contributed by atoms with E-state index in [2.05, 4.69) is 5.32 Å². The first-order valence-electron chi connectivity index (χ1n) is 11.4. The summed E-state index contributed by atoms with van der Waals surface area (Å²) in [6, 6.07) is 24.4. The molecule has 0 aliphatic rings. The number of carbonyl (C=O) groups is 2. The Bertz CT molecular complexity index is 1170. The molecule has 2 heterocycles. The fourth-order valence-corrected chi connectivity index (χ4v) is 4.53. The van der Waals surface area contributed by atoms with Crippen molar-refractivity contribution in [2.75, 3.05) is 14.1 Å². The zero-order valence-electron chi connectivity index (χ0n) is 19.9. The molecule has 4 rings (SSSR count). The molecule has 1 atom stereocenters. The van der Waals surface area contributed by atoms with Crippen LogP contribution in [0.2, 0.25) is 0 Å². The van der Waals surface area contributed by atoms with Gasteiger partial charge in [0.15, 0.2) is 0 Å². The van der Waals surface area contributed by atoms with Gasteiger partial charge in [0.1, 0.15) is 11.8 Å². The van der Waals surface area contributed by atoms with E-state index in [9.17, 15) is 9.59 Å². The quantitative estimate of drug-likeness (QED) is 0.338. The van der Waals surface area contributed by atoms with Crippen LogP contribution in [0.1, 0.15) is 38.2 Å². The molecule has 0 spiro atoms. The Morgan fingerprint density at radius 2 is 1.69 bits per heavy atom. The molecule has 7 heteroatoms. The van der Waals surface area contributed by atoms with Crippen molar-refractivity contribution in [1.29, 1.82) is 0 Å². The van der Waals surface area contributed by atoms with E-state index in [4.69, 9.17) is 4.42 Å². The van der Waals surface area contributed by atoms with Crippen LogP contribution in [-0.2, 0) is 24.4 Å². The summed E-state index contributed by atoms with van der Waals surface area (Å²) >= 11 is 1.63. The van der Waals surface area contributed by atoms with Crippen LogP contribution in [0, 0.1) is 0 Å². The van der Waals surface area contributed by atoms with E-state index in [-0.39, 0.29) is 11.8 Å². The third-order valence-corrected chi connectivity index (χ3v) is 6.52. The van der Waals surface area contributed by atoms with E-state index in [1.165, 1.54) is 0 Å². The van der Waals surface area contributed by atoms with Gasteiger partial charge in [0.05, 0.1) is 19.4 Å². The summed E-state index contributed by atoms with van der Waals surface area (Å²) in [4.78, 5) is 30.6. The Morgan fingerprint density at radius 3 is 2.31 bits per heavy atom. The maximum atomic E-state index is 13.9. The second-order valence-corrected chi connectivity index (χ2v) is 9.51. The number of nitrogens with zero attached hydrogens (tertiary/aromatic N) is 2. The zero-order valence-corrected chi connectivity index (χ0v) is 20.7. The van der Waals surface area contributed by atoms with E-state index in [0.29, 0.717) is 25.2 Å². The predicted molar refractivity (Wildman–Crippen MR) is 138 cm³/mol. The van der Waals surface area contributed by atoms with Crippen molar-refractivity contribution in [2.45, 2.75) is 25.7 Å². The van der Waals surface area contributed by atoms with Crippen LogP contribution < -0.4 is 5.32 Å². The highest BCUT2D eigenvalue weighted by Gasteiger charge is 2.27. The first kappa shape index (κ1) is 24.4. The maximum Gasteiger partial charge on any atom is 0.253 e. The molecule has 1 N–H and O–H groups in total. The van der Waals surface area contributed by atoms with Crippen LogP contribution in [0.15, 0.2) is 94.9 Å². The summed E-state index contributed by atoms with van der Waals surface area (Å²) in [5.74, 6) is 0.673. The third-order valence-electron chi connectivity index (χ3n) is 5.66. The summed E-state index contributed by atoms with van der Waals surface area (Å²) in [5.41, 5.74) is 2.52. The molecule has 6 nitrogen and oxygen atoms in total. The molecule has 0 aliphatic carbocycles. The Kier molecular flexibility index (Phi) is 8.13. The standard InChI is InChI=1S/C28H29N3O3S/c1-30(2)27(32)23-14-12-21(13-15-23)18-29-26(22-8-4-3-5-9-22)28(33)31(19-24-10-6-16-34-24)20-25-11-7-17-35-25/h3-17,26,29H,18-20H2,1-2H3/t26-/m1/s1. The summed E-state index contributed by atoms with van der Waals surface area (Å²) in [6.07, 6.45) is 1.63. The van der Waals surface area contributed by atoms with Crippen LogP contribution in [0.5, 0.6) is 0 Å². The lowest BCUT2D eigenvalue weighted by Gasteiger charge is -2.27. The molecular weight excluding hydrogens is 458 g/mol. The number of hydrogen-bond donors (Lipinski definition) is 1. The molecule has 0 unspecified atom stereocenters. The molecule has 2 aromatic heterocycles. The van der Waals surface area contributed by atoms with Crippen LogP contribution in [0.3, 0.4) is 0 Å². The van der Waals surface area contributed by atoms with E-state index in [1.54, 1.807) is 36.6 Å². The molecule has 0 radical (unpaired) electrons. The van der Waals surface area contributed by atoms with Gasteiger partial charge < -0.3 is 14.2 Å². The van der Waals surface area contributed by atoms with Gasteiger partial charge in [0.2, 0.25) is 5.91 Å². The molecular formula is C28H29N3O3S. The fourth-order valence-electron chi connectivity index (χ4n) is 3.81. The van der Waals surface area contributed by atoms with E-state index in [0.717, 1.165) is 21.8 Å². The number of thiophene rings is 1. The van der Waals surface area contributed by atoms with Gasteiger partial charge in [-0.05, 0) is 46.8 Å². The van der Waals surface area contributed by atoms with Crippen molar-refractivity contribution in [3.63, 3.8) is 0 Å². The number of furan rings is 1. The van der Waals surface area contributed by atoms with Gasteiger partial charge in [-0.3, -0.25) is 14.9 Å². The number of hydrogen-bond acceptors (Lipinski definition) is 5. The molecule has 0 saturated heterocycles. The second-order valence-electron chi connectivity index (χ2n) is 8.47. The normalized spacial score (nSPS) is 11.7. The SMILES string of the molecule is CN(C)C(=O)c1ccc(CN[C@@H](C(=O)N(Cc2ccco2)Cc2cccs2)c2ccccc2)cc1. The number of amides is 2. The fraction of sp³-hybridized carbons (Fsp3) is 0.214. The Hall–Kier alpha value is -3.68. The van der Waals surface area contributed by atoms with Crippen molar-refractivity contribution < 1.29 is 14.0 Å². The maximum absolute atomic E-state index is 13.9. The van der Waals surface area contributed by atoms with E-state index >= 15 is 0 Å². The molecule has 0 aliphatic heterocycles. The Morgan fingerprint density at radius 1 is 0.914 bits per heavy atom. The smallest absolute Gasteiger partial charge is 0.253 e. The minimum Gasteiger partial charge on any atom is -0.467 e. The largest absolute Gasteiger partial charge is 0.467 e. The predicted octanol–water partition coefficient (Wildman–Crippen LogP) is 5.10. The van der Waals surface area contributed by atoms with Crippen molar-refractivity contribution in [1.82, 2.24) is 15.1 Å². The average Bonchev–Trinajstić information content (AvgIpc) is 3.59. The molecule has 2 amide bonds. The van der Waals surface area contributed by atoms with E-state index < -0.39 is 6.04 Å². The molecule has 2 aromatic carbocycles. The van der Waals surface area contributed by atoms with Gasteiger partial charge in [0.25, 0.3) is 5.91 Å². The summed E-state index contributed by atoms with van der Waals surface area (Å²) in [6.45, 7) is 1.37. The van der Waals surface area contributed by atoms with Gasteiger partial charge in [-0.2, -0.15) is 0 Å². The first-order valence-corrected chi connectivity index (χ1v) is 12.3. The number of rotatable bonds is 10. The molecule has 0 fully saturated rings. The van der Waals surface area contributed by atoms with Gasteiger partial charge in [-0.1, -0.05) is 48.5 Å². The topological polar surface area (TPSA) is 65.8 Å². The van der Waals surface area contributed by atoms with Crippen LogP contribution in [0.4, 0.5) is 0 Å². The lowest BCUT2D eigenvalue weighted by molar-refractivity contribution is -0.135. The Balaban J connectivity index is 1.55. The Labute approximate surface area is 209 Å². The van der Waals surface area contributed by atoms with Gasteiger partial charge in [-0.15, -0.1) is 11.3 Å². The average molecular weight is 488 g/mol. The molecule has 4 aromatic rings. The monoisotopic (exact) mass is 487 g/mol. The molecule has 35 heavy (non-hydrogen) atoms. The van der Waals surface area contributed by atoms with Crippen molar-refractivity contribution in [2.24, 2.45) is 0 Å². The third kappa shape index (κ3) is 6.47. The first-order chi connectivity index (χ1) is 17.0. The minimum atomic E-state index is -0.533. The molecule has 0 bridgehead atoms. The summed E-state index contributed by atoms with van der Waals surface area (Å²) in [7, 11) is 3.47. The summed E-state index contributed by atoms with van der Waals surface area (Å²) in [5, 5.41) is 5.47. The summed E-state index contributed by atoms with van der Waals surface area (Å²) < 4.78 is 5.55.